The van der Waals surface area contributed by atoms with Gasteiger partial charge in [0.1, 0.15) is 10.4 Å². The summed E-state index contributed by atoms with van der Waals surface area (Å²) in [6.07, 6.45) is 0. The third kappa shape index (κ3) is 4.02. The summed E-state index contributed by atoms with van der Waals surface area (Å²) in [5, 5.41) is 7.08. The number of fused-ring (bicyclic) bond motifs is 1. The number of hydrogen-bond donors (Lipinski definition) is 0. The van der Waals surface area contributed by atoms with Crippen LogP contribution in [0.1, 0.15) is 5.89 Å². The molecule has 5 aromatic rings. The van der Waals surface area contributed by atoms with Crippen molar-refractivity contribution in [3.05, 3.63) is 81.2 Å². The van der Waals surface area contributed by atoms with Crippen molar-refractivity contribution in [2.75, 3.05) is 7.11 Å². The van der Waals surface area contributed by atoms with Crippen LogP contribution >= 0.6 is 34.7 Å². The minimum Gasteiger partial charge on any atom is -0.497 e. The summed E-state index contributed by atoms with van der Waals surface area (Å²) in [7, 11) is 1.60. The quantitative estimate of drug-likeness (QED) is 0.235. The number of thiophene rings is 1. The van der Waals surface area contributed by atoms with Gasteiger partial charge in [-0.05, 0) is 60.0 Å². The Morgan fingerprint density at radius 2 is 1.88 bits per heavy atom. The summed E-state index contributed by atoms with van der Waals surface area (Å²) in [6.45, 7) is 0. The fourth-order valence-electron chi connectivity index (χ4n) is 3.10. The number of aromatic nitrogens is 4. The lowest BCUT2D eigenvalue weighted by Crippen LogP contribution is -2.20. The number of benzene rings is 2. The standard InChI is InChI=1S/C22H15ClN4O3S2/c1-29-16-8-6-15(7-9-16)27-21(28)19-17(10-11-31-19)24-22(27)32-12-18-25-20(26-30-18)13-2-4-14(23)5-3-13/h2-11H,12H2,1H3. The number of thioether (sulfide) groups is 1. The normalized spacial score (nSPS) is 11.2. The largest absolute Gasteiger partial charge is 0.497 e. The molecule has 0 N–H and O–H groups in total. The van der Waals surface area contributed by atoms with Crippen LogP contribution in [0, 0.1) is 0 Å². The molecule has 0 bridgehead atoms. The second kappa shape index (κ2) is 8.78. The molecular formula is C22H15ClN4O3S2. The molecule has 0 aliphatic heterocycles. The van der Waals surface area contributed by atoms with Gasteiger partial charge in [-0.25, -0.2) is 4.98 Å². The van der Waals surface area contributed by atoms with Gasteiger partial charge < -0.3 is 9.26 Å². The molecule has 0 aliphatic carbocycles. The molecule has 0 fully saturated rings. The van der Waals surface area contributed by atoms with Gasteiger partial charge >= 0.3 is 0 Å². The zero-order valence-electron chi connectivity index (χ0n) is 16.7. The lowest BCUT2D eigenvalue weighted by molar-refractivity contribution is 0.391. The Balaban J connectivity index is 1.47. The van der Waals surface area contributed by atoms with Crippen LogP contribution in [-0.2, 0) is 5.75 Å². The van der Waals surface area contributed by atoms with Gasteiger partial charge in [0.2, 0.25) is 11.7 Å². The molecular weight excluding hydrogens is 468 g/mol. The Labute approximate surface area is 195 Å². The predicted octanol–water partition coefficient (Wildman–Crippen LogP) is 5.45. The highest BCUT2D eigenvalue weighted by Crippen LogP contribution is 2.27. The van der Waals surface area contributed by atoms with Crippen LogP contribution in [0.25, 0.3) is 27.3 Å². The smallest absolute Gasteiger partial charge is 0.276 e. The summed E-state index contributed by atoms with van der Waals surface area (Å²) in [5.41, 5.74) is 2.06. The topological polar surface area (TPSA) is 83.0 Å². The zero-order chi connectivity index (χ0) is 22.1. The number of ether oxygens (including phenoxy) is 1. The van der Waals surface area contributed by atoms with Crippen molar-refractivity contribution in [3.63, 3.8) is 0 Å². The van der Waals surface area contributed by atoms with Crippen LogP contribution in [0.4, 0.5) is 0 Å². The Morgan fingerprint density at radius 3 is 2.62 bits per heavy atom. The highest BCUT2D eigenvalue weighted by atomic mass is 35.5. The number of nitrogens with zero attached hydrogens (tertiary/aromatic N) is 4. The van der Waals surface area contributed by atoms with E-state index in [2.05, 4.69) is 10.1 Å². The van der Waals surface area contributed by atoms with Crippen LogP contribution in [0.15, 0.2) is 74.5 Å². The average molecular weight is 483 g/mol. The highest BCUT2D eigenvalue weighted by Gasteiger charge is 2.16. The van der Waals surface area contributed by atoms with Gasteiger partial charge in [0.15, 0.2) is 5.16 Å². The summed E-state index contributed by atoms with van der Waals surface area (Å²) in [6, 6.07) is 16.3. The maximum Gasteiger partial charge on any atom is 0.276 e. The predicted molar refractivity (Wildman–Crippen MR) is 126 cm³/mol. The van der Waals surface area contributed by atoms with E-state index in [0.717, 1.165) is 5.56 Å². The zero-order valence-corrected chi connectivity index (χ0v) is 19.1. The van der Waals surface area contributed by atoms with E-state index in [-0.39, 0.29) is 5.56 Å². The van der Waals surface area contributed by atoms with Gasteiger partial charge in [-0.2, -0.15) is 4.98 Å². The Bertz CT molecular complexity index is 1440. The van der Waals surface area contributed by atoms with Crippen molar-refractivity contribution >= 4 is 44.9 Å². The van der Waals surface area contributed by atoms with Gasteiger partial charge in [0.05, 0.1) is 24.1 Å². The Morgan fingerprint density at radius 1 is 1.09 bits per heavy atom. The second-order valence-corrected chi connectivity index (χ2v) is 8.97. The average Bonchev–Trinajstić information content (AvgIpc) is 3.48. The maximum atomic E-state index is 13.2. The molecule has 2 aromatic carbocycles. The third-order valence-electron chi connectivity index (χ3n) is 4.68. The van der Waals surface area contributed by atoms with Gasteiger partial charge in [-0.1, -0.05) is 28.5 Å². The SMILES string of the molecule is COc1ccc(-n2c(SCc3nc(-c4ccc(Cl)cc4)no3)nc3ccsc3c2=O)cc1. The van der Waals surface area contributed by atoms with Crippen molar-refractivity contribution in [1.82, 2.24) is 19.7 Å². The van der Waals surface area contributed by atoms with E-state index in [1.54, 1.807) is 23.8 Å². The molecule has 0 amide bonds. The summed E-state index contributed by atoms with van der Waals surface area (Å²) in [4.78, 5) is 22.4. The number of rotatable bonds is 6. The molecule has 5 rings (SSSR count). The molecule has 32 heavy (non-hydrogen) atoms. The van der Waals surface area contributed by atoms with Gasteiger partial charge in [-0.3, -0.25) is 9.36 Å². The molecule has 0 saturated heterocycles. The molecule has 0 aliphatic rings. The maximum absolute atomic E-state index is 13.2. The molecule has 3 aromatic heterocycles. The monoisotopic (exact) mass is 482 g/mol. The van der Waals surface area contributed by atoms with Crippen molar-refractivity contribution in [1.29, 1.82) is 0 Å². The molecule has 0 spiro atoms. The van der Waals surface area contributed by atoms with E-state index < -0.39 is 0 Å². The van der Waals surface area contributed by atoms with Crippen LogP contribution in [0.3, 0.4) is 0 Å². The highest BCUT2D eigenvalue weighted by molar-refractivity contribution is 7.98. The van der Waals surface area contributed by atoms with E-state index in [1.165, 1.54) is 23.1 Å². The first kappa shape index (κ1) is 20.7. The van der Waals surface area contributed by atoms with E-state index in [0.29, 0.717) is 49.3 Å². The van der Waals surface area contributed by atoms with Crippen LogP contribution < -0.4 is 10.3 Å². The van der Waals surface area contributed by atoms with Gasteiger partial charge in [0.25, 0.3) is 5.56 Å². The minimum absolute atomic E-state index is 0.120. The molecule has 0 unspecified atom stereocenters. The van der Waals surface area contributed by atoms with E-state index >= 15 is 0 Å². The van der Waals surface area contributed by atoms with E-state index in [4.69, 9.17) is 25.8 Å². The molecule has 160 valence electrons. The Hall–Kier alpha value is -3.14. The van der Waals surface area contributed by atoms with Gasteiger partial charge in [0, 0.05) is 10.6 Å². The fraction of sp³-hybridized carbons (Fsp3) is 0.0909. The van der Waals surface area contributed by atoms with Crippen molar-refractivity contribution in [2.24, 2.45) is 0 Å². The summed E-state index contributed by atoms with van der Waals surface area (Å²) >= 11 is 8.67. The second-order valence-electron chi connectivity index (χ2n) is 6.68. The summed E-state index contributed by atoms with van der Waals surface area (Å²) in [5.74, 6) is 1.98. The fourth-order valence-corrected chi connectivity index (χ4v) is 4.84. The first-order valence-electron chi connectivity index (χ1n) is 9.48. The van der Waals surface area contributed by atoms with Crippen LogP contribution in [0.2, 0.25) is 5.02 Å². The molecule has 0 radical (unpaired) electrons. The number of methoxy groups -OCH3 is 1. The minimum atomic E-state index is -0.120. The molecule has 0 saturated carbocycles. The van der Waals surface area contributed by atoms with Crippen LogP contribution in [-0.4, -0.2) is 26.8 Å². The van der Waals surface area contributed by atoms with Crippen LogP contribution in [0.5, 0.6) is 5.75 Å². The van der Waals surface area contributed by atoms with E-state index in [9.17, 15) is 4.79 Å². The first-order chi connectivity index (χ1) is 15.6. The van der Waals surface area contributed by atoms with Crippen molar-refractivity contribution < 1.29 is 9.26 Å². The Kier molecular flexibility index (Phi) is 5.69. The summed E-state index contributed by atoms with van der Waals surface area (Å²) < 4.78 is 12.8. The number of hydrogen-bond acceptors (Lipinski definition) is 8. The lowest BCUT2D eigenvalue weighted by Gasteiger charge is -2.12. The molecule has 7 nitrogen and oxygen atoms in total. The van der Waals surface area contributed by atoms with Gasteiger partial charge in [-0.15, -0.1) is 11.3 Å². The third-order valence-corrected chi connectivity index (χ3v) is 6.74. The first-order valence-corrected chi connectivity index (χ1v) is 11.7. The van der Waals surface area contributed by atoms with Crippen molar-refractivity contribution in [2.45, 2.75) is 10.9 Å². The lowest BCUT2D eigenvalue weighted by atomic mass is 10.2. The number of halogens is 1. The molecule has 3 heterocycles. The van der Waals surface area contributed by atoms with E-state index in [1.807, 2.05) is 47.8 Å². The molecule has 10 heteroatoms. The van der Waals surface area contributed by atoms with Crippen molar-refractivity contribution in [3.8, 4) is 22.8 Å². The molecule has 0 atom stereocenters.